The van der Waals surface area contributed by atoms with Crippen molar-refractivity contribution in [1.29, 1.82) is 0 Å². The molecule has 13 heavy (non-hydrogen) atoms. The Morgan fingerprint density at radius 3 is 2.85 bits per heavy atom. The highest BCUT2D eigenvalue weighted by molar-refractivity contribution is 9.10. The summed E-state index contributed by atoms with van der Waals surface area (Å²) in [6.07, 6.45) is 1.11. The lowest BCUT2D eigenvalue weighted by molar-refractivity contribution is -0.116. The van der Waals surface area contributed by atoms with Crippen LogP contribution in [0.5, 0.6) is 0 Å². The largest absolute Gasteiger partial charge is 0.458 e. The fraction of sp³-hybridized carbons (Fsp3) is 0.333. The van der Waals surface area contributed by atoms with Gasteiger partial charge in [0.15, 0.2) is 12.0 Å². The summed E-state index contributed by atoms with van der Waals surface area (Å²) in [7, 11) is 0. The molecule has 0 aliphatic rings. The van der Waals surface area contributed by atoms with Crippen LogP contribution >= 0.6 is 15.9 Å². The fourth-order valence-corrected chi connectivity index (χ4v) is 1.21. The molecular weight excluding hydrogens is 236 g/mol. The lowest BCUT2D eigenvalue weighted by Gasteiger charge is -2.01. The van der Waals surface area contributed by atoms with Crippen LogP contribution in [-0.2, 0) is 11.2 Å². The first-order chi connectivity index (χ1) is 6.13. The maximum atomic E-state index is 10.9. The van der Waals surface area contributed by atoms with Gasteiger partial charge in [-0.05, 0) is 19.1 Å². The molecule has 0 saturated carbocycles. The Balaban J connectivity index is 2.63. The predicted octanol–water partition coefficient (Wildman–Crippen LogP) is 1.99. The summed E-state index contributed by atoms with van der Waals surface area (Å²) in [6.45, 7) is 1.50. The van der Waals surface area contributed by atoms with E-state index < -0.39 is 0 Å². The van der Waals surface area contributed by atoms with Crippen molar-refractivity contribution in [2.75, 3.05) is 0 Å². The normalized spacial score (nSPS) is 12.5. The number of furan rings is 1. The molecule has 0 amide bonds. The molecule has 0 saturated heterocycles. The van der Waals surface area contributed by atoms with E-state index in [0.717, 1.165) is 0 Å². The molecule has 3 nitrogen and oxygen atoms in total. The minimum absolute atomic E-state index is 0.0454. The van der Waals surface area contributed by atoms with E-state index in [0.29, 0.717) is 24.2 Å². The van der Waals surface area contributed by atoms with Gasteiger partial charge in [0.1, 0.15) is 11.5 Å². The summed E-state index contributed by atoms with van der Waals surface area (Å²) in [5.74, 6) is 0.974. The number of rotatable bonds is 4. The maximum absolute atomic E-state index is 10.9. The first kappa shape index (κ1) is 10.2. The highest BCUT2D eigenvalue weighted by Crippen LogP contribution is 2.13. The second kappa shape index (κ2) is 4.37. The molecule has 0 aliphatic carbocycles. The molecule has 1 aromatic rings. The molecule has 1 rings (SSSR count). The molecule has 1 aromatic heterocycles. The van der Waals surface area contributed by atoms with Crippen molar-refractivity contribution in [1.82, 2.24) is 0 Å². The second-order valence-corrected chi connectivity index (χ2v) is 3.81. The molecule has 1 unspecified atom stereocenters. The predicted molar refractivity (Wildman–Crippen MR) is 51.2 cm³/mol. The quantitative estimate of drug-likeness (QED) is 0.602. The molecular formula is C9H9BrO3. The number of alkyl halides is 1. The van der Waals surface area contributed by atoms with Crippen LogP contribution in [0.2, 0.25) is 0 Å². The Bertz CT molecular complexity index is 316. The van der Waals surface area contributed by atoms with Gasteiger partial charge in [0, 0.05) is 6.42 Å². The number of carbonyl (C=O) groups excluding carboxylic acids is 2. The topological polar surface area (TPSA) is 47.3 Å². The zero-order valence-corrected chi connectivity index (χ0v) is 8.71. The van der Waals surface area contributed by atoms with Gasteiger partial charge in [-0.3, -0.25) is 9.59 Å². The van der Waals surface area contributed by atoms with Gasteiger partial charge in [-0.2, -0.15) is 0 Å². The summed E-state index contributed by atoms with van der Waals surface area (Å²) in [4.78, 5) is 20.9. The van der Waals surface area contributed by atoms with Gasteiger partial charge in [0.25, 0.3) is 0 Å². The molecule has 0 N–H and O–H groups in total. The lowest BCUT2D eigenvalue weighted by atomic mass is 10.2. The highest BCUT2D eigenvalue weighted by Gasteiger charge is 2.12. The number of hydrogen-bond donors (Lipinski definition) is 0. The lowest BCUT2D eigenvalue weighted by Crippen LogP contribution is -2.11. The zero-order chi connectivity index (χ0) is 9.84. The van der Waals surface area contributed by atoms with Crippen molar-refractivity contribution in [3.8, 4) is 0 Å². The summed E-state index contributed by atoms with van der Waals surface area (Å²) in [5, 5.41) is 0. The molecule has 0 fully saturated rings. The molecule has 1 atom stereocenters. The van der Waals surface area contributed by atoms with E-state index in [9.17, 15) is 9.59 Å². The van der Waals surface area contributed by atoms with Crippen molar-refractivity contribution < 1.29 is 14.0 Å². The summed E-state index contributed by atoms with van der Waals surface area (Å²) < 4.78 is 5.10. The fourth-order valence-electron chi connectivity index (χ4n) is 0.888. The van der Waals surface area contributed by atoms with Gasteiger partial charge in [-0.1, -0.05) is 15.9 Å². The van der Waals surface area contributed by atoms with Gasteiger partial charge < -0.3 is 4.42 Å². The summed E-state index contributed by atoms with van der Waals surface area (Å²) in [6, 6.07) is 3.28. The van der Waals surface area contributed by atoms with E-state index in [4.69, 9.17) is 4.42 Å². The van der Waals surface area contributed by atoms with Crippen LogP contribution in [0, 0.1) is 0 Å². The first-order valence-corrected chi connectivity index (χ1v) is 4.73. The van der Waals surface area contributed by atoms with Crippen LogP contribution in [0.25, 0.3) is 0 Å². The van der Waals surface area contributed by atoms with Crippen molar-refractivity contribution in [3.63, 3.8) is 0 Å². The van der Waals surface area contributed by atoms with E-state index in [-0.39, 0.29) is 10.6 Å². The minimum Gasteiger partial charge on any atom is -0.458 e. The summed E-state index contributed by atoms with van der Waals surface area (Å²) >= 11 is 3.21. The van der Waals surface area contributed by atoms with E-state index in [2.05, 4.69) is 15.9 Å². The van der Waals surface area contributed by atoms with Crippen molar-refractivity contribution in [2.24, 2.45) is 0 Å². The van der Waals surface area contributed by atoms with Crippen LogP contribution in [0.3, 0.4) is 0 Å². The van der Waals surface area contributed by atoms with E-state index >= 15 is 0 Å². The minimum atomic E-state index is -0.238. The first-order valence-electron chi connectivity index (χ1n) is 3.82. The van der Waals surface area contributed by atoms with Gasteiger partial charge in [0.2, 0.25) is 0 Å². The molecule has 70 valence electrons. The van der Waals surface area contributed by atoms with Crippen LogP contribution in [0.1, 0.15) is 23.2 Å². The smallest absolute Gasteiger partial charge is 0.185 e. The van der Waals surface area contributed by atoms with Gasteiger partial charge >= 0.3 is 0 Å². The van der Waals surface area contributed by atoms with Gasteiger partial charge in [-0.25, -0.2) is 0 Å². The third-order valence-corrected chi connectivity index (χ3v) is 2.59. The third kappa shape index (κ3) is 2.81. The third-order valence-electron chi connectivity index (χ3n) is 1.62. The number of aldehydes is 1. The number of carbonyl (C=O) groups is 2. The second-order valence-electron chi connectivity index (χ2n) is 2.70. The maximum Gasteiger partial charge on any atom is 0.185 e. The SMILES string of the molecule is CC(=O)C(Br)Cc1ccc(C=O)o1. The summed E-state index contributed by atoms with van der Waals surface area (Å²) in [5.41, 5.74) is 0. The standard InChI is InChI=1S/C9H9BrO3/c1-6(12)9(10)4-7-2-3-8(5-11)13-7/h2-3,5,9H,4H2,1H3. The van der Waals surface area contributed by atoms with Crippen LogP contribution in [-0.4, -0.2) is 16.9 Å². The van der Waals surface area contributed by atoms with Crippen molar-refractivity contribution >= 4 is 28.0 Å². The molecule has 4 heteroatoms. The van der Waals surface area contributed by atoms with Crippen LogP contribution in [0.4, 0.5) is 0 Å². The van der Waals surface area contributed by atoms with Crippen molar-refractivity contribution in [2.45, 2.75) is 18.2 Å². The molecule has 0 bridgehead atoms. The highest BCUT2D eigenvalue weighted by atomic mass is 79.9. The molecule has 0 radical (unpaired) electrons. The monoisotopic (exact) mass is 244 g/mol. The molecule has 1 heterocycles. The molecule has 0 aromatic carbocycles. The van der Waals surface area contributed by atoms with Crippen molar-refractivity contribution in [3.05, 3.63) is 23.7 Å². The molecule has 0 aliphatic heterocycles. The number of halogens is 1. The van der Waals surface area contributed by atoms with Crippen LogP contribution < -0.4 is 0 Å². The number of ketones is 1. The van der Waals surface area contributed by atoms with E-state index in [1.165, 1.54) is 6.92 Å². The number of hydrogen-bond acceptors (Lipinski definition) is 3. The Morgan fingerprint density at radius 1 is 1.69 bits per heavy atom. The molecule has 0 spiro atoms. The average Bonchev–Trinajstić information content (AvgIpc) is 2.52. The Labute approximate surface area is 84.2 Å². The van der Waals surface area contributed by atoms with E-state index in [1.807, 2.05) is 0 Å². The van der Waals surface area contributed by atoms with E-state index in [1.54, 1.807) is 12.1 Å². The zero-order valence-electron chi connectivity index (χ0n) is 7.12. The van der Waals surface area contributed by atoms with Gasteiger partial charge in [-0.15, -0.1) is 0 Å². The Kier molecular flexibility index (Phi) is 3.42. The Morgan fingerprint density at radius 2 is 2.38 bits per heavy atom. The van der Waals surface area contributed by atoms with Gasteiger partial charge in [0.05, 0.1) is 4.83 Å². The Hall–Kier alpha value is -0.900. The number of Topliss-reactive ketones (excluding diaryl/α,β-unsaturated/α-hetero) is 1. The average molecular weight is 245 g/mol. The van der Waals surface area contributed by atoms with Crippen LogP contribution in [0.15, 0.2) is 16.5 Å².